The zero-order chi connectivity index (χ0) is 17.3. The number of guanidine groups is 1. The molecule has 1 aliphatic carbocycles. The molecule has 1 fully saturated rings. The van der Waals surface area contributed by atoms with Crippen molar-refractivity contribution in [2.45, 2.75) is 39.5 Å². The van der Waals surface area contributed by atoms with Crippen molar-refractivity contribution in [2.24, 2.45) is 10.4 Å². The maximum Gasteiger partial charge on any atom is 0.230 e. The summed E-state index contributed by atoms with van der Waals surface area (Å²) < 4.78 is 0. The molecular formula is C17H36IN5O. The van der Waals surface area contributed by atoms with E-state index in [9.17, 15) is 4.79 Å². The van der Waals surface area contributed by atoms with Crippen molar-refractivity contribution in [3.63, 3.8) is 0 Å². The lowest BCUT2D eigenvalue weighted by Gasteiger charge is -2.29. The average Bonchev–Trinajstić information content (AvgIpc) is 3.01. The van der Waals surface area contributed by atoms with Crippen LogP contribution in [0.4, 0.5) is 0 Å². The molecule has 1 rings (SSSR count). The summed E-state index contributed by atoms with van der Waals surface area (Å²) in [6.45, 7) is 8.47. The molecule has 142 valence electrons. The number of hydrogen-bond donors (Lipinski definition) is 2. The normalized spacial score (nSPS) is 16.7. The van der Waals surface area contributed by atoms with E-state index in [4.69, 9.17) is 4.99 Å². The standard InChI is InChI=1S/C17H35N5O.HI/c1-6-18-16(19-12-13-22(5)7-2)20-14-17(10-8-9-11-17)15(23)21(3)4;/h6-14H2,1-5H3,(H2,18,19,20);1H. The third-order valence-electron chi connectivity index (χ3n) is 4.63. The fourth-order valence-corrected chi connectivity index (χ4v) is 3.06. The number of likely N-dealkylation sites (N-methyl/N-ethyl adjacent to an activating group) is 1. The highest BCUT2D eigenvalue weighted by atomic mass is 127. The van der Waals surface area contributed by atoms with Gasteiger partial charge in [0.15, 0.2) is 5.96 Å². The van der Waals surface area contributed by atoms with Crippen molar-refractivity contribution >= 4 is 35.8 Å². The molecule has 2 N–H and O–H groups in total. The average molecular weight is 453 g/mol. The number of hydrogen-bond acceptors (Lipinski definition) is 3. The Labute approximate surface area is 164 Å². The molecule has 0 atom stereocenters. The maximum absolute atomic E-state index is 12.6. The first-order valence-corrected chi connectivity index (χ1v) is 8.87. The molecule has 1 saturated carbocycles. The molecule has 0 aromatic carbocycles. The quantitative estimate of drug-likeness (QED) is 0.334. The summed E-state index contributed by atoms with van der Waals surface area (Å²) in [4.78, 5) is 21.3. The number of nitrogens with one attached hydrogen (secondary N) is 2. The molecule has 6 nitrogen and oxygen atoms in total. The monoisotopic (exact) mass is 453 g/mol. The number of aliphatic imine (C=N–C) groups is 1. The largest absolute Gasteiger partial charge is 0.357 e. The summed E-state index contributed by atoms with van der Waals surface area (Å²) >= 11 is 0. The van der Waals surface area contributed by atoms with Gasteiger partial charge >= 0.3 is 0 Å². The molecule has 0 saturated heterocycles. The summed E-state index contributed by atoms with van der Waals surface area (Å²) in [6, 6.07) is 0. The molecule has 0 unspecified atom stereocenters. The molecule has 0 spiro atoms. The smallest absolute Gasteiger partial charge is 0.230 e. The lowest BCUT2D eigenvalue weighted by Crippen LogP contribution is -2.44. The minimum atomic E-state index is -0.300. The Morgan fingerprint density at radius 3 is 2.25 bits per heavy atom. The third-order valence-corrected chi connectivity index (χ3v) is 4.63. The first kappa shape index (κ1) is 23.4. The van der Waals surface area contributed by atoms with Gasteiger partial charge in [-0.15, -0.1) is 24.0 Å². The van der Waals surface area contributed by atoms with Gasteiger partial charge in [-0.25, -0.2) is 0 Å². The van der Waals surface area contributed by atoms with E-state index in [0.29, 0.717) is 6.54 Å². The van der Waals surface area contributed by atoms with Crippen LogP contribution >= 0.6 is 24.0 Å². The van der Waals surface area contributed by atoms with Gasteiger partial charge in [-0.05, 0) is 33.4 Å². The molecule has 0 aromatic rings. The fraction of sp³-hybridized carbons (Fsp3) is 0.882. The van der Waals surface area contributed by atoms with Crippen LogP contribution in [0.15, 0.2) is 4.99 Å². The van der Waals surface area contributed by atoms with Crippen molar-refractivity contribution in [1.82, 2.24) is 20.4 Å². The molecular weight excluding hydrogens is 417 g/mol. The Bertz CT molecular complexity index is 394. The summed E-state index contributed by atoms with van der Waals surface area (Å²) in [5.74, 6) is 1.04. The number of carbonyl (C=O) groups excluding carboxylic acids is 1. The van der Waals surface area contributed by atoms with Crippen LogP contribution in [-0.4, -0.2) is 75.5 Å². The molecule has 0 bridgehead atoms. The molecule has 1 aliphatic rings. The van der Waals surface area contributed by atoms with Gasteiger partial charge in [0.25, 0.3) is 0 Å². The molecule has 0 heterocycles. The van der Waals surface area contributed by atoms with E-state index in [2.05, 4.69) is 36.4 Å². The van der Waals surface area contributed by atoms with Gasteiger partial charge in [-0.1, -0.05) is 19.8 Å². The van der Waals surface area contributed by atoms with Crippen LogP contribution in [0, 0.1) is 5.41 Å². The van der Waals surface area contributed by atoms with E-state index >= 15 is 0 Å². The number of halogens is 1. The minimum absolute atomic E-state index is 0. The topological polar surface area (TPSA) is 60.0 Å². The number of rotatable bonds is 8. The predicted octanol–water partition coefficient (Wildman–Crippen LogP) is 1.76. The van der Waals surface area contributed by atoms with Gasteiger partial charge in [-0.3, -0.25) is 9.79 Å². The molecule has 0 aliphatic heterocycles. The minimum Gasteiger partial charge on any atom is -0.357 e. The second kappa shape index (κ2) is 11.9. The van der Waals surface area contributed by atoms with Crippen molar-refractivity contribution in [2.75, 3.05) is 53.9 Å². The molecule has 7 heteroatoms. The van der Waals surface area contributed by atoms with E-state index in [1.54, 1.807) is 4.90 Å². The van der Waals surface area contributed by atoms with E-state index in [-0.39, 0.29) is 35.3 Å². The summed E-state index contributed by atoms with van der Waals surface area (Å²) in [7, 11) is 5.79. The van der Waals surface area contributed by atoms with E-state index in [1.165, 1.54) is 0 Å². The number of carbonyl (C=O) groups is 1. The summed E-state index contributed by atoms with van der Waals surface area (Å²) in [5.41, 5.74) is -0.300. The Balaban J connectivity index is 0.00000529. The highest BCUT2D eigenvalue weighted by Crippen LogP contribution is 2.39. The summed E-state index contributed by atoms with van der Waals surface area (Å²) in [5, 5.41) is 6.65. The zero-order valence-corrected chi connectivity index (χ0v) is 18.4. The Morgan fingerprint density at radius 2 is 1.75 bits per heavy atom. The van der Waals surface area contributed by atoms with Gasteiger partial charge in [0, 0.05) is 33.7 Å². The molecule has 24 heavy (non-hydrogen) atoms. The lowest BCUT2D eigenvalue weighted by molar-refractivity contribution is -0.138. The third kappa shape index (κ3) is 7.13. The van der Waals surface area contributed by atoms with Gasteiger partial charge in [-0.2, -0.15) is 0 Å². The zero-order valence-electron chi connectivity index (χ0n) is 16.0. The molecule has 1 amide bonds. The first-order chi connectivity index (χ1) is 10.9. The van der Waals surface area contributed by atoms with Crippen LogP contribution in [-0.2, 0) is 4.79 Å². The SMILES string of the molecule is CCNC(=NCC1(C(=O)N(C)C)CCCC1)NCCN(C)CC.I. The Hall–Kier alpha value is -0.570. The van der Waals surface area contributed by atoms with E-state index < -0.39 is 0 Å². The van der Waals surface area contributed by atoms with Crippen LogP contribution in [0.5, 0.6) is 0 Å². The maximum atomic E-state index is 12.6. The van der Waals surface area contributed by atoms with Gasteiger partial charge in [0.2, 0.25) is 5.91 Å². The fourth-order valence-electron chi connectivity index (χ4n) is 3.06. The predicted molar refractivity (Wildman–Crippen MR) is 112 cm³/mol. The summed E-state index contributed by atoms with van der Waals surface area (Å²) in [6.07, 6.45) is 4.15. The van der Waals surface area contributed by atoms with Crippen molar-refractivity contribution in [3.05, 3.63) is 0 Å². The van der Waals surface area contributed by atoms with Crippen LogP contribution in [0.1, 0.15) is 39.5 Å². The van der Waals surface area contributed by atoms with Gasteiger partial charge in [0.1, 0.15) is 0 Å². The number of nitrogens with zero attached hydrogens (tertiary/aromatic N) is 3. The first-order valence-electron chi connectivity index (χ1n) is 8.87. The second-order valence-corrected chi connectivity index (χ2v) is 6.70. The van der Waals surface area contributed by atoms with Crippen molar-refractivity contribution in [1.29, 1.82) is 0 Å². The Morgan fingerprint density at radius 1 is 1.12 bits per heavy atom. The second-order valence-electron chi connectivity index (χ2n) is 6.70. The Kier molecular flexibility index (Phi) is 11.6. The highest BCUT2D eigenvalue weighted by molar-refractivity contribution is 14.0. The van der Waals surface area contributed by atoms with Crippen LogP contribution < -0.4 is 10.6 Å². The van der Waals surface area contributed by atoms with Crippen LogP contribution in [0.25, 0.3) is 0 Å². The van der Waals surface area contributed by atoms with Gasteiger partial charge < -0.3 is 20.4 Å². The van der Waals surface area contributed by atoms with Crippen LogP contribution in [0.2, 0.25) is 0 Å². The molecule has 0 radical (unpaired) electrons. The van der Waals surface area contributed by atoms with Crippen molar-refractivity contribution < 1.29 is 4.79 Å². The van der Waals surface area contributed by atoms with Gasteiger partial charge in [0.05, 0.1) is 12.0 Å². The van der Waals surface area contributed by atoms with E-state index in [0.717, 1.165) is 57.8 Å². The highest BCUT2D eigenvalue weighted by Gasteiger charge is 2.41. The van der Waals surface area contributed by atoms with Crippen LogP contribution in [0.3, 0.4) is 0 Å². The van der Waals surface area contributed by atoms with E-state index in [1.807, 2.05) is 14.1 Å². The molecule has 0 aromatic heterocycles. The van der Waals surface area contributed by atoms with Crippen molar-refractivity contribution in [3.8, 4) is 0 Å². The lowest BCUT2D eigenvalue weighted by atomic mass is 9.85. The number of amides is 1.